The van der Waals surface area contributed by atoms with Crippen LogP contribution in [0.2, 0.25) is 0 Å². The Morgan fingerprint density at radius 1 is 0.467 bits per heavy atom. The Kier molecular flexibility index (Phi) is 14.6. The Hall–Kier alpha value is -2.98. The lowest BCUT2D eigenvalue weighted by Gasteiger charge is -2.24. The number of phosphoric ester groups is 2. The molecule has 0 spiro atoms. The highest BCUT2D eigenvalue weighted by atomic mass is 31.2. The Morgan fingerprint density at radius 2 is 0.756 bits per heavy atom. The summed E-state index contributed by atoms with van der Waals surface area (Å²) in [5.74, 6) is 0. The van der Waals surface area contributed by atoms with Crippen LogP contribution in [0.15, 0.2) is 121 Å². The van der Waals surface area contributed by atoms with E-state index in [-0.39, 0.29) is 52.9 Å². The van der Waals surface area contributed by atoms with Crippen LogP contribution in [0, 0.1) is 0 Å². The van der Waals surface area contributed by atoms with Crippen molar-refractivity contribution in [2.24, 2.45) is 0 Å². The van der Waals surface area contributed by atoms with Crippen molar-refractivity contribution in [2.75, 3.05) is 26.4 Å². The van der Waals surface area contributed by atoms with Crippen LogP contribution < -0.4 is 0 Å². The second-order valence-corrected chi connectivity index (χ2v) is 13.1. The van der Waals surface area contributed by atoms with Crippen molar-refractivity contribution >= 4 is 15.6 Å². The minimum Gasteiger partial charge on any atom is -0.394 e. The van der Waals surface area contributed by atoms with E-state index >= 15 is 0 Å². The molecule has 4 aromatic carbocycles. The van der Waals surface area contributed by atoms with Crippen molar-refractivity contribution in [1.29, 1.82) is 0 Å². The second-order valence-electron chi connectivity index (χ2n) is 9.74. The van der Waals surface area contributed by atoms with E-state index in [1.54, 1.807) is 0 Å². The smallest absolute Gasteiger partial charge is 0.394 e. The molecule has 45 heavy (non-hydrogen) atoms. The SMILES string of the molecule is O=P(OCc1ccccc1)(OCc1ccccc1)OCC(COP(=O)(OCc1ccccc1)OCc1ccccc1)OCCO. The molecule has 0 fully saturated rings. The first kappa shape index (κ1) is 34.9. The van der Waals surface area contributed by atoms with Crippen molar-refractivity contribution in [1.82, 2.24) is 0 Å². The molecular formula is C33H38O10P2. The molecule has 4 rings (SSSR count). The van der Waals surface area contributed by atoms with Crippen LogP contribution in [-0.2, 0) is 67.4 Å². The van der Waals surface area contributed by atoms with Gasteiger partial charge in [0.2, 0.25) is 0 Å². The zero-order valence-electron chi connectivity index (χ0n) is 24.8. The summed E-state index contributed by atoms with van der Waals surface area (Å²) in [7, 11) is -8.27. The predicted molar refractivity (Wildman–Crippen MR) is 169 cm³/mol. The van der Waals surface area contributed by atoms with E-state index in [0.717, 1.165) is 22.3 Å². The van der Waals surface area contributed by atoms with Gasteiger partial charge in [-0.3, -0.25) is 27.1 Å². The minimum absolute atomic E-state index is 0.0264. The summed E-state index contributed by atoms with van der Waals surface area (Å²) in [6.07, 6.45) is -0.944. The van der Waals surface area contributed by atoms with Gasteiger partial charge in [-0.25, -0.2) is 9.13 Å². The summed E-state index contributed by atoms with van der Waals surface area (Å²) in [6.45, 7) is -1.16. The molecule has 0 radical (unpaired) electrons. The monoisotopic (exact) mass is 656 g/mol. The molecule has 0 aliphatic rings. The summed E-state index contributed by atoms with van der Waals surface area (Å²) in [4.78, 5) is 0. The van der Waals surface area contributed by atoms with Gasteiger partial charge in [-0.2, -0.15) is 0 Å². The lowest BCUT2D eigenvalue weighted by molar-refractivity contribution is -0.0387. The molecule has 0 aliphatic carbocycles. The van der Waals surface area contributed by atoms with Crippen LogP contribution in [0.3, 0.4) is 0 Å². The van der Waals surface area contributed by atoms with Crippen molar-refractivity contribution in [2.45, 2.75) is 32.5 Å². The number of rotatable bonds is 21. The molecule has 0 amide bonds. The van der Waals surface area contributed by atoms with Gasteiger partial charge in [0.25, 0.3) is 0 Å². The van der Waals surface area contributed by atoms with Crippen molar-refractivity contribution in [3.05, 3.63) is 144 Å². The highest BCUT2D eigenvalue weighted by Gasteiger charge is 2.32. The fourth-order valence-corrected chi connectivity index (χ4v) is 6.22. The summed E-state index contributed by atoms with van der Waals surface area (Å²) < 4.78 is 67.3. The van der Waals surface area contributed by atoms with Gasteiger partial charge in [-0.15, -0.1) is 0 Å². The molecule has 0 atom stereocenters. The van der Waals surface area contributed by atoms with Gasteiger partial charge in [0.1, 0.15) is 6.10 Å². The minimum atomic E-state index is -4.14. The Morgan fingerprint density at radius 3 is 1.02 bits per heavy atom. The van der Waals surface area contributed by atoms with E-state index in [9.17, 15) is 14.2 Å². The topological polar surface area (TPSA) is 119 Å². The molecule has 0 bridgehead atoms. The molecule has 0 aromatic heterocycles. The average molecular weight is 657 g/mol. The van der Waals surface area contributed by atoms with Gasteiger partial charge in [-0.05, 0) is 22.3 Å². The fourth-order valence-electron chi connectivity index (χ4n) is 3.85. The highest BCUT2D eigenvalue weighted by Crippen LogP contribution is 2.53. The number of aliphatic hydroxyl groups is 1. The second kappa shape index (κ2) is 18.9. The molecule has 1 N–H and O–H groups in total. The fraction of sp³-hybridized carbons (Fsp3) is 0.273. The third kappa shape index (κ3) is 13.1. The predicted octanol–water partition coefficient (Wildman–Crippen LogP) is 7.48. The van der Waals surface area contributed by atoms with Gasteiger partial charge < -0.3 is 9.84 Å². The summed E-state index contributed by atoms with van der Waals surface area (Å²) in [5.41, 5.74) is 3.09. The Balaban J connectivity index is 1.42. The molecule has 0 unspecified atom stereocenters. The largest absolute Gasteiger partial charge is 0.475 e. The highest BCUT2D eigenvalue weighted by molar-refractivity contribution is 7.48. The van der Waals surface area contributed by atoms with E-state index < -0.39 is 21.7 Å². The van der Waals surface area contributed by atoms with Crippen LogP contribution in [0.4, 0.5) is 0 Å². The van der Waals surface area contributed by atoms with E-state index in [4.69, 9.17) is 31.9 Å². The van der Waals surface area contributed by atoms with Crippen molar-refractivity contribution in [3.63, 3.8) is 0 Å². The Bertz CT molecular complexity index is 1260. The number of hydrogen-bond acceptors (Lipinski definition) is 10. The van der Waals surface area contributed by atoms with E-state index in [0.29, 0.717) is 0 Å². The standard InChI is InChI=1S/C33H38O10P2/c34-21-22-37-33(27-42-44(35,38-23-29-13-5-1-6-14-29)39-24-30-15-7-2-8-16-30)28-43-45(36,40-25-31-17-9-3-10-18-31)41-26-32-19-11-4-12-20-32/h1-20,33-34H,21-28H2. The van der Waals surface area contributed by atoms with Gasteiger partial charge in [0, 0.05) is 0 Å². The molecule has 10 nitrogen and oxygen atoms in total. The molecule has 12 heteroatoms. The van der Waals surface area contributed by atoms with Crippen LogP contribution in [0.1, 0.15) is 22.3 Å². The van der Waals surface area contributed by atoms with Crippen molar-refractivity contribution in [3.8, 4) is 0 Å². The first-order chi connectivity index (χ1) is 22.0. The third-order valence-electron chi connectivity index (χ3n) is 6.21. The van der Waals surface area contributed by atoms with Crippen LogP contribution >= 0.6 is 15.6 Å². The van der Waals surface area contributed by atoms with E-state index in [1.807, 2.05) is 121 Å². The molecular weight excluding hydrogens is 618 g/mol. The number of benzene rings is 4. The quantitative estimate of drug-likeness (QED) is 0.0905. The van der Waals surface area contributed by atoms with Gasteiger partial charge >= 0.3 is 15.6 Å². The Labute approximate surface area is 264 Å². The molecule has 0 aliphatic heterocycles. The lowest BCUT2D eigenvalue weighted by Crippen LogP contribution is -2.27. The zero-order valence-corrected chi connectivity index (χ0v) is 26.6. The van der Waals surface area contributed by atoms with Gasteiger partial charge in [-0.1, -0.05) is 121 Å². The van der Waals surface area contributed by atoms with E-state index in [1.165, 1.54) is 0 Å². The normalized spacial score (nSPS) is 12.0. The van der Waals surface area contributed by atoms with Crippen molar-refractivity contribution < 1.29 is 46.1 Å². The van der Waals surface area contributed by atoms with Gasteiger partial charge in [0.05, 0.1) is 52.9 Å². The average Bonchev–Trinajstić information content (AvgIpc) is 3.10. The molecule has 0 saturated heterocycles. The third-order valence-corrected chi connectivity index (χ3v) is 8.92. The summed E-state index contributed by atoms with van der Waals surface area (Å²) in [5, 5.41) is 9.40. The van der Waals surface area contributed by atoms with Gasteiger partial charge in [0.15, 0.2) is 0 Å². The summed E-state index contributed by atoms with van der Waals surface area (Å²) in [6, 6.07) is 36.7. The van der Waals surface area contributed by atoms with Crippen LogP contribution in [-0.4, -0.2) is 37.6 Å². The molecule has 0 heterocycles. The maximum Gasteiger partial charge on any atom is 0.475 e. The number of aliphatic hydroxyl groups excluding tert-OH is 1. The maximum atomic E-state index is 13.7. The number of phosphoric acid groups is 2. The first-order valence-electron chi connectivity index (χ1n) is 14.4. The number of ether oxygens (including phenoxy) is 1. The molecule has 0 saturated carbocycles. The summed E-state index contributed by atoms with van der Waals surface area (Å²) >= 11 is 0. The molecule has 4 aromatic rings. The zero-order chi connectivity index (χ0) is 31.6. The number of hydrogen-bond donors (Lipinski definition) is 1. The molecule has 240 valence electrons. The first-order valence-corrected chi connectivity index (χ1v) is 17.3. The van der Waals surface area contributed by atoms with Crippen LogP contribution in [0.25, 0.3) is 0 Å². The van der Waals surface area contributed by atoms with E-state index in [2.05, 4.69) is 0 Å². The maximum absolute atomic E-state index is 13.7. The van der Waals surface area contributed by atoms with Crippen LogP contribution in [0.5, 0.6) is 0 Å². The lowest BCUT2D eigenvalue weighted by atomic mass is 10.2.